The van der Waals surface area contributed by atoms with Crippen LogP contribution in [0.25, 0.3) is 10.2 Å². The van der Waals surface area contributed by atoms with Gasteiger partial charge in [-0.05, 0) is 31.4 Å². The van der Waals surface area contributed by atoms with Crippen LogP contribution in [0, 0.1) is 0 Å². The molecule has 2 rings (SSSR count). The molecule has 20 heavy (non-hydrogen) atoms. The summed E-state index contributed by atoms with van der Waals surface area (Å²) in [6.45, 7) is 1.57. The summed E-state index contributed by atoms with van der Waals surface area (Å²) >= 11 is 3.15. The molecule has 6 nitrogen and oxygen atoms in total. The van der Waals surface area contributed by atoms with E-state index in [4.69, 9.17) is 5.73 Å². The molecule has 2 aromatic rings. The third-order valence-corrected chi connectivity index (χ3v) is 4.57. The largest absolute Gasteiger partial charge is 0.352 e. The maximum Gasteiger partial charge on any atom is 0.312 e. The third-order valence-electron chi connectivity index (χ3n) is 2.56. The van der Waals surface area contributed by atoms with E-state index in [1.807, 2.05) is 18.4 Å². The molecule has 1 atom stereocenters. The Morgan fingerprint density at radius 3 is 2.85 bits per heavy atom. The van der Waals surface area contributed by atoms with Crippen LogP contribution in [0.5, 0.6) is 0 Å². The second-order valence-electron chi connectivity index (χ2n) is 4.09. The Balaban J connectivity index is 2.13. The number of hydrogen-bond acceptors (Lipinski definition) is 5. The zero-order valence-corrected chi connectivity index (χ0v) is 12.6. The monoisotopic (exact) mass is 310 g/mol. The average Bonchev–Trinajstić information content (AvgIpc) is 2.80. The molecule has 0 aliphatic heterocycles. The summed E-state index contributed by atoms with van der Waals surface area (Å²) in [5.41, 5.74) is 6.55. The topological polar surface area (TPSA) is 97.1 Å². The van der Waals surface area contributed by atoms with Gasteiger partial charge >= 0.3 is 6.03 Å². The van der Waals surface area contributed by atoms with E-state index >= 15 is 0 Å². The minimum atomic E-state index is -0.727. The first-order valence-electron chi connectivity index (χ1n) is 5.81. The van der Waals surface area contributed by atoms with Crippen LogP contribution < -0.4 is 16.4 Å². The molecule has 0 fully saturated rings. The second-order valence-corrected chi connectivity index (χ2v) is 6.17. The Hall–Kier alpha value is -1.80. The number of fused-ring (bicyclic) bond motifs is 1. The van der Waals surface area contributed by atoms with Gasteiger partial charge in [-0.3, -0.25) is 4.79 Å². The molecule has 106 valence electrons. The highest BCUT2D eigenvalue weighted by molar-refractivity contribution is 8.00. The first kappa shape index (κ1) is 14.6. The number of primary amides is 1. The van der Waals surface area contributed by atoms with Crippen molar-refractivity contribution in [3.05, 3.63) is 18.2 Å². The molecular formula is C12H14N4O2S2. The zero-order valence-electron chi connectivity index (χ0n) is 11.0. The number of carbonyl (C=O) groups is 2. The number of nitrogens with two attached hydrogens (primary N) is 1. The lowest BCUT2D eigenvalue weighted by atomic mass is 10.2. The van der Waals surface area contributed by atoms with Crippen molar-refractivity contribution < 1.29 is 9.59 Å². The van der Waals surface area contributed by atoms with Gasteiger partial charge in [-0.1, -0.05) is 11.8 Å². The number of nitrogens with one attached hydrogen (secondary N) is 2. The Labute approximate surface area is 124 Å². The Kier molecular flexibility index (Phi) is 4.46. The summed E-state index contributed by atoms with van der Waals surface area (Å²) in [6.07, 6.45) is 1.97. The number of anilines is 1. The van der Waals surface area contributed by atoms with Crippen LogP contribution >= 0.6 is 23.1 Å². The van der Waals surface area contributed by atoms with Crippen molar-refractivity contribution in [2.24, 2.45) is 5.73 Å². The number of aromatic nitrogens is 1. The number of hydrogen-bond donors (Lipinski definition) is 3. The molecule has 8 heteroatoms. The number of thioether (sulfide) groups is 1. The summed E-state index contributed by atoms with van der Waals surface area (Å²) in [7, 11) is 0. The molecule has 0 aliphatic carbocycles. The van der Waals surface area contributed by atoms with Gasteiger partial charge in [0, 0.05) is 5.69 Å². The Morgan fingerprint density at radius 1 is 1.45 bits per heavy atom. The summed E-state index contributed by atoms with van der Waals surface area (Å²) in [4.78, 5) is 27.0. The van der Waals surface area contributed by atoms with Gasteiger partial charge in [0.25, 0.3) is 0 Å². The first-order chi connectivity index (χ1) is 9.49. The first-order valence-corrected chi connectivity index (χ1v) is 7.85. The highest BCUT2D eigenvalue weighted by Gasteiger charge is 2.14. The van der Waals surface area contributed by atoms with Gasteiger partial charge in [-0.2, -0.15) is 0 Å². The highest BCUT2D eigenvalue weighted by atomic mass is 32.2. The van der Waals surface area contributed by atoms with Gasteiger partial charge in [0.05, 0.1) is 10.2 Å². The number of thiazole rings is 1. The molecule has 1 aromatic carbocycles. The molecule has 1 aromatic heterocycles. The summed E-state index contributed by atoms with van der Waals surface area (Å²) in [5.74, 6) is -0.322. The van der Waals surface area contributed by atoms with E-state index in [0.29, 0.717) is 5.69 Å². The van der Waals surface area contributed by atoms with Crippen LogP contribution in [-0.4, -0.2) is 29.2 Å². The van der Waals surface area contributed by atoms with E-state index < -0.39 is 12.1 Å². The van der Waals surface area contributed by atoms with Gasteiger partial charge in [0.1, 0.15) is 6.04 Å². The molecule has 0 spiro atoms. The number of rotatable bonds is 4. The zero-order chi connectivity index (χ0) is 14.7. The molecule has 0 aliphatic rings. The number of carbonyl (C=O) groups excluding carboxylic acids is 2. The van der Waals surface area contributed by atoms with Crippen molar-refractivity contribution in [3.63, 3.8) is 0 Å². The normalized spacial score (nSPS) is 12.1. The van der Waals surface area contributed by atoms with Crippen molar-refractivity contribution in [3.8, 4) is 0 Å². The Morgan fingerprint density at radius 2 is 2.20 bits per heavy atom. The molecule has 0 saturated carbocycles. The lowest BCUT2D eigenvalue weighted by Crippen LogP contribution is -2.44. The molecule has 1 heterocycles. The van der Waals surface area contributed by atoms with E-state index in [1.54, 1.807) is 36.1 Å². The van der Waals surface area contributed by atoms with Crippen molar-refractivity contribution in [2.45, 2.75) is 17.3 Å². The number of amides is 3. The molecule has 3 amide bonds. The lowest BCUT2D eigenvalue weighted by molar-refractivity contribution is -0.117. The third kappa shape index (κ3) is 3.40. The number of urea groups is 1. The fourth-order valence-electron chi connectivity index (χ4n) is 1.60. The average molecular weight is 310 g/mol. The van der Waals surface area contributed by atoms with E-state index in [0.717, 1.165) is 14.6 Å². The smallest absolute Gasteiger partial charge is 0.312 e. The van der Waals surface area contributed by atoms with Crippen LogP contribution in [0.4, 0.5) is 10.5 Å². The van der Waals surface area contributed by atoms with Crippen molar-refractivity contribution in [1.29, 1.82) is 0 Å². The van der Waals surface area contributed by atoms with Crippen LogP contribution in [0.15, 0.2) is 22.5 Å². The maximum atomic E-state index is 11.8. The van der Waals surface area contributed by atoms with E-state index in [9.17, 15) is 9.59 Å². The molecule has 0 unspecified atom stereocenters. The maximum absolute atomic E-state index is 11.8. The van der Waals surface area contributed by atoms with Gasteiger partial charge < -0.3 is 16.4 Å². The molecule has 0 bridgehead atoms. The fraction of sp³-hybridized carbons (Fsp3) is 0.250. The predicted molar refractivity (Wildman–Crippen MR) is 82.2 cm³/mol. The molecule has 4 N–H and O–H groups in total. The highest BCUT2D eigenvalue weighted by Crippen LogP contribution is 2.29. The predicted octanol–water partition coefficient (Wildman–Crippen LogP) is 2.01. The van der Waals surface area contributed by atoms with Gasteiger partial charge in [0.2, 0.25) is 5.91 Å². The van der Waals surface area contributed by atoms with Gasteiger partial charge in [0.15, 0.2) is 4.34 Å². The summed E-state index contributed by atoms with van der Waals surface area (Å²) in [6, 6.07) is 4.08. The molecular weight excluding hydrogens is 296 g/mol. The van der Waals surface area contributed by atoms with Crippen molar-refractivity contribution in [2.75, 3.05) is 11.6 Å². The molecule has 0 saturated heterocycles. The molecule has 0 radical (unpaired) electrons. The van der Waals surface area contributed by atoms with Crippen LogP contribution in [0.3, 0.4) is 0 Å². The summed E-state index contributed by atoms with van der Waals surface area (Å²) < 4.78 is 1.98. The minimum absolute atomic E-state index is 0.322. The second kappa shape index (κ2) is 6.10. The van der Waals surface area contributed by atoms with E-state index in [1.165, 1.54) is 0 Å². The standard InChI is InChI=1S/C12H14N4O2S2/c1-6(14-11(13)18)10(17)15-7-3-4-8-9(5-7)20-12(16-8)19-2/h3-6H,1-2H3,(H,15,17)(H3,13,14,18)/t6-/m0/s1. The van der Waals surface area contributed by atoms with Crippen molar-refractivity contribution >= 4 is 50.9 Å². The van der Waals surface area contributed by atoms with Gasteiger partial charge in [-0.15, -0.1) is 11.3 Å². The SMILES string of the molecule is CSc1nc2ccc(NC(=O)[C@H](C)NC(N)=O)cc2s1. The van der Waals surface area contributed by atoms with Crippen molar-refractivity contribution in [1.82, 2.24) is 10.3 Å². The quantitative estimate of drug-likeness (QED) is 0.753. The van der Waals surface area contributed by atoms with Gasteiger partial charge in [-0.25, -0.2) is 9.78 Å². The lowest BCUT2D eigenvalue weighted by Gasteiger charge is -2.12. The van der Waals surface area contributed by atoms with Crippen LogP contribution in [0.1, 0.15) is 6.92 Å². The van der Waals surface area contributed by atoms with E-state index in [-0.39, 0.29) is 5.91 Å². The van der Waals surface area contributed by atoms with Crippen LogP contribution in [-0.2, 0) is 4.79 Å². The Bertz CT molecular complexity index is 656. The van der Waals surface area contributed by atoms with E-state index in [2.05, 4.69) is 15.6 Å². The minimum Gasteiger partial charge on any atom is -0.352 e. The number of benzene rings is 1. The van der Waals surface area contributed by atoms with Crippen LogP contribution in [0.2, 0.25) is 0 Å². The fourth-order valence-corrected chi connectivity index (χ4v) is 3.13. The summed E-state index contributed by atoms with van der Waals surface area (Å²) in [5, 5.41) is 5.06. The number of nitrogens with zero attached hydrogens (tertiary/aromatic N) is 1.